The van der Waals surface area contributed by atoms with Gasteiger partial charge in [0, 0.05) is 25.6 Å². The molecule has 1 heterocycles. The van der Waals surface area contributed by atoms with Gasteiger partial charge in [0.15, 0.2) is 12.1 Å². The molecule has 35 heavy (non-hydrogen) atoms. The van der Waals surface area contributed by atoms with Gasteiger partial charge in [0.05, 0.1) is 6.10 Å². The predicted molar refractivity (Wildman–Crippen MR) is 141 cm³/mol. The average molecular weight is 491 g/mol. The number of hydrogen-bond acceptors (Lipinski definition) is 4. The number of allylic oxidation sites excluding steroid dienone is 1. The third kappa shape index (κ3) is 4.84. The first kappa shape index (κ1) is 24.6. The third-order valence-electron chi connectivity index (χ3n) is 8.05. The van der Waals surface area contributed by atoms with Crippen molar-refractivity contribution >= 4 is 24.5 Å². The van der Waals surface area contributed by atoms with Crippen LogP contribution in [0.25, 0.3) is 0 Å². The maximum Gasteiger partial charge on any atom is 0.261 e. The second-order valence-electron chi connectivity index (χ2n) is 11.3. The fraction of sp³-hybridized carbons (Fsp3) is 0.500. The number of carbonyl (C=O) groups excluding carboxylic acids is 1. The van der Waals surface area contributed by atoms with Crippen molar-refractivity contribution in [3.05, 3.63) is 72.3 Å². The molecule has 4 nitrogen and oxygen atoms in total. The van der Waals surface area contributed by atoms with Gasteiger partial charge in [-0.25, -0.2) is 0 Å². The fourth-order valence-electron chi connectivity index (χ4n) is 6.37. The minimum Gasteiger partial charge on any atom is -0.407 e. The van der Waals surface area contributed by atoms with Gasteiger partial charge in [0.2, 0.25) is 0 Å². The summed E-state index contributed by atoms with van der Waals surface area (Å²) in [5.41, 5.74) is 1.24. The van der Waals surface area contributed by atoms with Gasteiger partial charge in [-0.3, -0.25) is 4.79 Å². The number of ketones is 1. The van der Waals surface area contributed by atoms with Crippen LogP contribution in [0, 0.1) is 11.8 Å². The van der Waals surface area contributed by atoms with Crippen LogP contribution in [0.15, 0.2) is 72.3 Å². The normalized spacial score (nSPS) is 27.1. The molecule has 0 amide bonds. The molecule has 0 aromatic heterocycles. The molecule has 0 spiro atoms. The maximum atomic E-state index is 12.3. The van der Waals surface area contributed by atoms with E-state index in [1.807, 2.05) is 6.08 Å². The number of rotatable bonds is 7. The van der Waals surface area contributed by atoms with Gasteiger partial charge in [-0.05, 0) is 53.1 Å². The lowest BCUT2D eigenvalue weighted by atomic mass is 9.93. The summed E-state index contributed by atoms with van der Waals surface area (Å²) in [5.74, 6) is 0.613. The zero-order chi connectivity index (χ0) is 24.5. The number of benzene rings is 2. The van der Waals surface area contributed by atoms with Crippen LogP contribution in [-0.4, -0.2) is 39.7 Å². The summed E-state index contributed by atoms with van der Waals surface area (Å²) < 4.78 is 19.8. The molecule has 1 saturated carbocycles. The van der Waals surface area contributed by atoms with E-state index in [1.165, 1.54) is 15.9 Å². The smallest absolute Gasteiger partial charge is 0.261 e. The van der Waals surface area contributed by atoms with E-state index in [-0.39, 0.29) is 35.1 Å². The van der Waals surface area contributed by atoms with E-state index in [4.69, 9.17) is 13.9 Å². The van der Waals surface area contributed by atoms with Gasteiger partial charge >= 0.3 is 0 Å². The van der Waals surface area contributed by atoms with Crippen LogP contribution in [0.1, 0.15) is 52.9 Å². The summed E-state index contributed by atoms with van der Waals surface area (Å²) in [5, 5.41) is 2.48. The zero-order valence-electron chi connectivity index (χ0n) is 21.2. The highest BCUT2D eigenvalue weighted by molar-refractivity contribution is 6.99. The van der Waals surface area contributed by atoms with E-state index in [0.717, 1.165) is 32.3 Å². The molecule has 1 saturated heterocycles. The van der Waals surface area contributed by atoms with Crippen LogP contribution in [0.3, 0.4) is 0 Å². The molecule has 2 fully saturated rings. The summed E-state index contributed by atoms with van der Waals surface area (Å²) in [4.78, 5) is 12.3. The topological polar surface area (TPSA) is 44.8 Å². The quantitative estimate of drug-likeness (QED) is 0.512. The first-order valence-corrected chi connectivity index (χ1v) is 15.0. The van der Waals surface area contributed by atoms with E-state index in [1.54, 1.807) is 0 Å². The van der Waals surface area contributed by atoms with Crippen molar-refractivity contribution < 1.29 is 18.7 Å². The lowest BCUT2D eigenvalue weighted by Gasteiger charge is -2.44. The minimum atomic E-state index is -2.65. The average Bonchev–Trinajstić information content (AvgIpc) is 3.36. The molecule has 1 aliphatic heterocycles. The summed E-state index contributed by atoms with van der Waals surface area (Å²) in [6, 6.07) is 21.5. The molecule has 1 unspecified atom stereocenters. The second kappa shape index (κ2) is 10.1. The number of fused-ring (bicyclic) bond motifs is 1. The van der Waals surface area contributed by atoms with Crippen LogP contribution < -0.4 is 10.4 Å². The third-order valence-corrected chi connectivity index (χ3v) is 13.1. The van der Waals surface area contributed by atoms with E-state index < -0.39 is 8.32 Å². The van der Waals surface area contributed by atoms with Gasteiger partial charge in [0.25, 0.3) is 8.32 Å². The van der Waals surface area contributed by atoms with Gasteiger partial charge in [0.1, 0.15) is 0 Å². The van der Waals surface area contributed by atoms with Crippen molar-refractivity contribution in [1.82, 2.24) is 0 Å². The summed E-state index contributed by atoms with van der Waals surface area (Å²) in [6.45, 7) is 8.28. The first-order valence-electron chi connectivity index (χ1n) is 13.1. The molecular weight excluding hydrogens is 452 g/mol. The highest BCUT2D eigenvalue weighted by Gasteiger charge is 2.52. The Bertz CT molecular complexity index is 998. The van der Waals surface area contributed by atoms with Crippen molar-refractivity contribution in [3.8, 4) is 0 Å². The molecule has 0 N–H and O–H groups in total. The number of hydrogen-bond donors (Lipinski definition) is 0. The Kier molecular flexibility index (Phi) is 7.13. The van der Waals surface area contributed by atoms with Crippen molar-refractivity contribution in [2.45, 2.75) is 70.3 Å². The Morgan fingerprint density at radius 1 is 0.943 bits per heavy atom. The maximum absolute atomic E-state index is 12.3. The Balaban J connectivity index is 1.48. The zero-order valence-corrected chi connectivity index (χ0v) is 22.2. The number of carbonyl (C=O) groups is 1. The van der Waals surface area contributed by atoms with Crippen LogP contribution in [0.5, 0.6) is 0 Å². The fourth-order valence-corrected chi connectivity index (χ4v) is 11.0. The summed E-state index contributed by atoms with van der Waals surface area (Å²) in [6.07, 6.45) is 6.34. The van der Waals surface area contributed by atoms with E-state index >= 15 is 0 Å². The Hall–Kier alpha value is -2.05. The minimum absolute atomic E-state index is 0.0284. The molecule has 0 bridgehead atoms. The van der Waals surface area contributed by atoms with Crippen molar-refractivity contribution in [2.24, 2.45) is 11.8 Å². The molecule has 2 aliphatic carbocycles. The summed E-state index contributed by atoms with van der Waals surface area (Å²) >= 11 is 0. The molecule has 186 valence electrons. The van der Waals surface area contributed by atoms with Gasteiger partial charge in [-0.1, -0.05) is 87.0 Å². The lowest BCUT2D eigenvalue weighted by molar-refractivity contribution is -0.197. The second-order valence-corrected chi connectivity index (χ2v) is 15.6. The molecule has 5 heteroatoms. The molecule has 3 aliphatic rings. The SMILES string of the molecule is CC(C)(C)[Si](OC[C@H]1[C@H](OC2CCCCO2)CC2=CC(=O)C[C@@H]21)(c1ccccc1)c1ccccc1. The van der Waals surface area contributed by atoms with E-state index in [9.17, 15) is 4.79 Å². The Labute approximate surface area is 210 Å². The van der Waals surface area contributed by atoms with E-state index in [0.29, 0.717) is 13.0 Å². The Morgan fingerprint density at radius 3 is 2.17 bits per heavy atom. The van der Waals surface area contributed by atoms with Gasteiger partial charge in [-0.2, -0.15) is 0 Å². The standard InChI is InChI=1S/C30H38O4Si/c1-30(2,3)35(24-12-6-4-7-13-24,25-14-8-5-9-15-25)33-21-27-26-20-23(31)18-22(26)19-28(27)34-29-16-10-11-17-32-29/h4-9,12-15,18,26-29H,10-11,16-17,19-21H2,1-3H3/t26-,27+,28+,29?/m0/s1. The first-order chi connectivity index (χ1) is 16.9. The van der Waals surface area contributed by atoms with Gasteiger partial charge in [-0.15, -0.1) is 0 Å². The molecule has 0 radical (unpaired) electrons. The highest BCUT2D eigenvalue weighted by Crippen LogP contribution is 2.46. The molecule has 2 aromatic carbocycles. The van der Waals surface area contributed by atoms with Crippen molar-refractivity contribution in [2.75, 3.05) is 13.2 Å². The molecule has 2 aromatic rings. The van der Waals surface area contributed by atoms with Crippen LogP contribution in [0.4, 0.5) is 0 Å². The van der Waals surface area contributed by atoms with Crippen molar-refractivity contribution in [1.29, 1.82) is 0 Å². The van der Waals surface area contributed by atoms with Gasteiger partial charge < -0.3 is 13.9 Å². The van der Waals surface area contributed by atoms with Crippen LogP contribution >= 0.6 is 0 Å². The largest absolute Gasteiger partial charge is 0.407 e. The van der Waals surface area contributed by atoms with Crippen LogP contribution in [-0.2, 0) is 18.7 Å². The lowest BCUT2D eigenvalue weighted by Crippen LogP contribution is -2.67. The monoisotopic (exact) mass is 490 g/mol. The van der Waals surface area contributed by atoms with Crippen molar-refractivity contribution in [3.63, 3.8) is 0 Å². The number of ether oxygens (including phenoxy) is 2. The summed E-state index contributed by atoms with van der Waals surface area (Å²) in [7, 11) is -2.65. The van der Waals surface area contributed by atoms with Crippen LogP contribution in [0.2, 0.25) is 5.04 Å². The Morgan fingerprint density at radius 2 is 1.60 bits per heavy atom. The van der Waals surface area contributed by atoms with E-state index in [2.05, 4.69) is 81.4 Å². The molecular formula is C30H38O4Si. The molecule has 4 atom stereocenters. The molecule has 5 rings (SSSR count). The predicted octanol–water partition coefficient (Wildman–Crippen LogP) is 5.01. The highest BCUT2D eigenvalue weighted by atomic mass is 28.4.